The second kappa shape index (κ2) is 6.49. The molecule has 1 N–H and O–H groups in total. The first-order valence-corrected chi connectivity index (χ1v) is 6.63. The van der Waals surface area contributed by atoms with Crippen molar-refractivity contribution >= 4 is 0 Å². The van der Waals surface area contributed by atoms with Gasteiger partial charge < -0.3 is 19.1 Å². The lowest BCUT2D eigenvalue weighted by molar-refractivity contribution is 0.302. The number of hydrogen-bond donors (Lipinski definition) is 1. The van der Waals surface area contributed by atoms with Crippen molar-refractivity contribution < 1.29 is 14.6 Å². The first-order valence-electron chi connectivity index (χ1n) is 6.63. The van der Waals surface area contributed by atoms with Gasteiger partial charge in [0.25, 0.3) is 0 Å². The first kappa shape index (κ1) is 15.2. The maximum absolute atomic E-state index is 9.91. The predicted molar refractivity (Wildman–Crippen MR) is 79.6 cm³/mol. The number of aromatic hydroxyl groups is 1. The summed E-state index contributed by atoms with van der Waals surface area (Å²) in [4.78, 5) is 6.44. The van der Waals surface area contributed by atoms with Crippen LogP contribution in [0.4, 0.5) is 0 Å². The topological polar surface area (TPSA) is 59.8 Å². The Morgan fingerprint density at radius 1 is 1.19 bits per heavy atom. The van der Waals surface area contributed by atoms with Crippen molar-refractivity contribution in [1.29, 1.82) is 0 Å². The molecule has 0 bridgehead atoms. The van der Waals surface area contributed by atoms with Crippen LogP contribution in [0.5, 0.6) is 17.2 Å². The molecule has 6 heteroatoms. The third-order valence-corrected chi connectivity index (χ3v) is 3.32. The van der Waals surface area contributed by atoms with Crippen molar-refractivity contribution in [2.45, 2.75) is 13.1 Å². The Kier molecular flexibility index (Phi) is 4.70. The molecule has 2 aromatic rings. The first-order chi connectivity index (χ1) is 10.0. The molecule has 0 unspecified atom stereocenters. The standard InChI is InChI=1S/C15H21N3O3/c1-17(10-14-16-5-6-18(14)2)9-11-7-12(20-3)15(19)13(8-11)21-4/h5-8,19H,9-10H2,1-4H3. The molecule has 0 aliphatic heterocycles. The van der Waals surface area contributed by atoms with E-state index in [-0.39, 0.29) is 5.75 Å². The van der Waals surface area contributed by atoms with Crippen molar-refractivity contribution in [1.82, 2.24) is 14.5 Å². The van der Waals surface area contributed by atoms with E-state index in [4.69, 9.17) is 9.47 Å². The van der Waals surface area contributed by atoms with Crippen molar-refractivity contribution in [3.63, 3.8) is 0 Å². The summed E-state index contributed by atoms with van der Waals surface area (Å²) in [5, 5.41) is 9.91. The fourth-order valence-electron chi connectivity index (χ4n) is 2.20. The van der Waals surface area contributed by atoms with Crippen LogP contribution in [0.15, 0.2) is 24.5 Å². The summed E-state index contributed by atoms with van der Waals surface area (Å²) in [7, 11) is 7.04. The highest BCUT2D eigenvalue weighted by atomic mass is 16.5. The molecular weight excluding hydrogens is 270 g/mol. The summed E-state index contributed by atoms with van der Waals surface area (Å²) in [5.74, 6) is 1.84. The number of rotatable bonds is 6. The minimum atomic E-state index is 0.0236. The number of hydrogen-bond acceptors (Lipinski definition) is 5. The predicted octanol–water partition coefficient (Wildman–Crippen LogP) is 1.77. The zero-order valence-electron chi connectivity index (χ0n) is 12.8. The zero-order chi connectivity index (χ0) is 15.4. The van der Waals surface area contributed by atoms with Crippen LogP contribution in [-0.4, -0.2) is 40.8 Å². The van der Waals surface area contributed by atoms with Crippen molar-refractivity contribution in [3.05, 3.63) is 35.9 Å². The second-order valence-electron chi connectivity index (χ2n) is 4.98. The Hall–Kier alpha value is -2.21. The molecule has 1 aromatic heterocycles. The van der Waals surface area contributed by atoms with E-state index >= 15 is 0 Å². The normalized spacial score (nSPS) is 10.9. The molecule has 0 spiro atoms. The van der Waals surface area contributed by atoms with Crippen molar-refractivity contribution in [2.24, 2.45) is 7.05 Å². The minimum absolute atomic E-state index is 0.0236. The van der Waals surface area contributed by atoms with E-state index < -0.39 is 0 Å². The third-order valence-electron chi connectivity index (χ3n) is 3.32. The van der Waals surface area contributed by atoms with Crippen LogP contribution >= 0.6 is 0 Å². The molecule has 0 saturated heterocycles. The fraction of sp³-hybridized carbons (Fsp3) is 0.400. The van der Waals surface area contributed by atoms with E-state index in [0.717, 1.165) is 17.9 Å². The minimum Gasteiger partial charge on any atom is -0.502 e. The van der Waals surface area contributed by atoms with Crippen molar-refractivity contribution in [2.75, 3.05) is 21.3 Å². The maximum atomic E-state index is 9.91. The third kappa shape index (κ3) is 3.46. The van der Waals surface area contributed by atoms with Crippen LogP contribution in [-0.2, 0) is 20.1 Å². The molecule has 21 heavy (non-hydrogen) atoms. The highest BCUT2D eigenvalue weighted by Crippen LogP contribution is 2.37. The largest absolute Gasteiger partial charge is 0.502 e. The number of aromatic nitrogens is 2. The van der Waals surface area contributed by atoms with E-state index in [1.165, 1.54) is 14.2 Å². The molecule has 1 aromatic carbocycles. The Balaban J connectivity index is 2.13. The lowest BCUT2D eigenvalue weighted by Gasteiger charge is -2.18. The lowest BCUT2D eigenvalue weighted by atomic mass is 10.1. The van der Waals surface area contributed by atoms with Gasteiger partial charge >= 0.3 is 0 Å². The van der Waals surface area contributed by atoms with E-state index in [1.807, 2.05) is 37.0 Å². The average molecular weight is 291 g/mol. The molecule has 0 amide bonds. The monoisotopic (exact) mass is 291 g/mol. The number of nitrogens with zero attached hydrogens (tertiary/aromatic N) is 3. The van der Waals surface area contributed by atoms with Crippen LogP contribution in [0.2, 0.25) is 0 Å². The van der Waals surface area contributed by atoms with E-state index in [1.54, 1.807) is 6.20 Å². The summed E-state index contributed by atoms with van der Waals surface area (Å²) < 4.78 is 12.3. The Bertz CT molecular complexity index is 585. The quantitative estimate of drug-likeness (QED) is 0.879. The van der Waals surface area contributed by atoms with Crippen LogP contribution in [0.25, 0.3) is 0 Å². The van der Waals surface area contributed by atoms with Gasteiger partial charge in [0, 0.05) is 26.0 Å². The second-order valence-corrected chi connectivity index (χ2v) is 4.98. The molecule has 1 heterocycles. The highest BCUT2D eigenvalue weighted by molar-refractivity contribution is 5.52. The molecule has 0 aliphatic carbocycles. The number of imidazole rings is 1. The summed E-state index contributed by atoms with van der Waals surface area (Å²) >= 11 is 0. The van der Waals surface area contributed by atoms with Gasteiger partial charge in [-0.3, -0.25) is 4.90 Å². The number of methoxy groups -OCH3 is 2. The molecular formula is C15H21N3O3. The lowest BCUT2D eigenvalue weighted by Crippen LogP contribution is -2.19. The molecule has 0 atom stereocenters. The molecule has 6 nitrogen and oxygen atoms in total. The van der Waals surface area contributed by atoms with Gasteiger partial charge in [-0.05, 0) is 24.7 Å². The van der Waals surface area contributed by atoms with E-state index in [0.29, 0.717) is 18.0 Å². The molecule has 0 radical (unpaired) electrons. The Labute approximate surface area is 124 Å². The SMILES string of the molecule is COc1cc(CN(C)Cc2nccn2C)cc(OC)c1O. The molecule has 0 saturated carbocycles. The van der Waals surface area contributed by atoms with Gasteiger partial charge in [-0.1, -0.05) is 0 Å². The van der Waals surface area contributed by atoms with E-state index in [9.17, 15) is 5.11 Å². The number of phenolic OH excluding ortho intramolecular Hbond substituents is 1. The molecule has 2 rings (SSSR count). The Morgan fingerprint density at radius 2 is 1.81 bits per heavy atom. The van der Waals surface area contributed by atoms with Crippen LogP contribution in [0, 0.1) is 0 Å². The molecule has 0 fully saturated rings. The number of ether oxygens (including phenoxy) is 2. The smallest absolute Gasteiger partial charge is 0.200 e. The molecule has 0 aliphatic rings. The number of aryl methyl sites for hydroxylation is 1. The van der Waals surface area contributed by atoms with Gasteiger partial charge in [0.2, 0.25) is 5.75 Å². The van der Waals surface area contributed by atoms with Gasteiger partial charge in [-0.25, -0.2) is 4.98 Å². The van der Waals surface area contributed by atoms with Gasteiger partial charge in [0.15, 0.2) is 11.5 Å². The average Bonchev–Trinajstić information content (AvgIpc) is 2.85. The number of phenols is 1. The van der Waals surface area contributed by atoms with Crippen LogP contribution < -0.4 is 9.47 Å². The van der Waals surface area contributed by atoms with Gasteiger partial charge in [-0.2, -0.15) is 0 Å². The van der Waals surface area contributed by atoms with Crippen LogP contribution in [0.3, 0.4) is 0 Å². The summed E-state index contributed by atoms with van der Waals surface area (Å²) in [6.07, 6.45) is 3.71. The maximum Gasteiger partial charge on any atom is 0.200 e. The fourth-order valence-corrected chi connectivity index (χ4v) is 2.20. The molecule has 114 valence electrons. The van der Waals surface area contributed by atoms with E-state index in [2.05, 4.69) is 9.88 Å². The summed E-state index contributed by atoms with van der Waals surface area (Å²) in [6.45, 7) is 1.43. The Morgan fingerprint density at radius 3 is 2.29 bits per heavy atom. The van der Waals surface area contributed by atoms with Crippen molar-refractivity contribution in [3.8, 4) is 17.2 Å². The highest BCUT2D eigenvalue weighted by Gasteiger charge is 2.13. The van der Waals surface area contributed by atoms with Gasteiger partial charge in [-0.15, -0.1) is 0 Å². The summed E-state index contributed by atoms with van der Waals surface area (Å²) in [5.41, 5.74) is 0.998. The number of benzene rings is 1. The summed E-state index contributed by atoms with van der Waals surface area (Å²) in [6, 6.07) is 3.62. The van der Waals surface area contributed by atoms with Gasteiger partial charge in [0.1, 0.15) is 5.82 Å². The zero-order valence-corrected chi connectivity index (χ0v) is 12.8. The van der Waals surface area contributed by atoms with Crippen LogP contribution in [0.1, 0.15) is 11.4 Å². The van der Waals surface area contributed by atoms with Gasteiger partial charge in [0.05, 0.1) is 20.8 Å².